The van der Waals surface area contributed by atoms with E-state index in [0.717, 1.165) is 11.1 Å². The fourth-order valence-corrected chi connectivity index (χ4v) is 2.05. The van der Waals surface area contributed by atoms with Gasteiger partial charge in [-0.2, -0.15) is 0 Å². The van der Waals surface area contributed by atoms with E-state index in [1.807, 2.05) is 27.7 Å². The topological polar surface area (TPSA) is 17.1 Å². The lowest BCUT2D eigenvalue weighted by atomic mass is 9.63. The molecule has 68 valence electrons. The molecule has 0 heterocycles. The number of carbonyl (C=O) groups excluding carboxylic acids is 1. The number of allylic oxidation sites excluding steroid dienone is 2. The van der Waals surface area contributed by atoms with Crippen LogP contribution in [0.3, 0.4) is 0 Å². The lowest BCUT2D eigenvalue weighted by Crippen LogP contribution is -2.57. The van der Waals surface area contributed by atoms with E-state index in [4.69, 9.17) is 23.2 Å². The average molecular weight is 207 g/mol. The summed E-state index contributed by atoms with van der Waals surface area (Å²) in [7, 11) is 0. The summed E-state index contributed by atoms with van der Waals surface area (Å²) in [5.74, 6) is -0.143. The molecule has 0 radical (unpaired) electrons. The van der Waals surface area contributed by atoms with Crippen LogP contribution < -0.4 is 0 Å². The van der Waals surface area contributed by atoms with Gasteiger partial charge in [0.15, 0.2) is 10.1 Å². The third-order valence-corrected chi connectivity index (χ3v) is 3.71. The molecule has 0 N–H and O–H groups in total. The van der Waals surface area contributed by atoms with Crippen LogP contribution in [-0.2, 0) is 4.79 Å². The Balaban J connectivity index is 3.19. The molecular formula is C9H12Cl2O. The third kappa shape index (κ3) is 0.961. The maximum Gasteiger partial charge on any atom is 0.196 e. The average Bonchev–Trinajstić information content (AvgIpc) is 1.85. The van der Waals surface area contributed by atoms with Crippen molar-refractivity contribution >= 4 is 29.0 Å². The van der Waals surface area contributed by atoms with Crippen LogP contribution in [0.1, 0.15) is 27.7 Å². The molecule has 1 rings (SSSR count). The van der Waals surface area contributed by atoms with E-state index in [-0.39, 0.29) is 5.78 Å². The lowest BCUT2D eigenvalue weighted by Gasteiger charge is -2.48. The number of Topliss-reactive ketones (excluding diaryl/α,β-unsaturated/α-hetero) is 1. The Kier molecular flexibility index (Phi) is 2.09. The molecule has 1 aliphatic carbocycles. The molecule has 1 fully saturated rings. The summed E-state index contributed by atoms with van der Waals surface area (Å²) in [5.41, 5.74) is 1.36. The maximum atomic E-state index is 11.4. The van der Waals surface area contributed by atoms with Crippen molar-refractivity contribution in [3.05, 3.63) is 11.1 Å². The number of halogens is 2. The van der Waals surface area contributed by atoms with Gasteiger partial charge in [0.1, 0.15) is 0 Å². The summed E-state index contributed by atoms with van der Waals surface area (Å²) >= 11 is 11.7. The molecule has 0 spiro atoms. The van der Waals surface area contributed by atoms with Crippen molar-refractivity contribution in [3.8, 4) is 0 Å². The Morgan fingerprint density at radius 3 is 1.83 bits per heavy atom. The normalized spacial score (nSPS) is 25.2. The van der Waals surface area contributed by atoms with Gasteiger partial charge in [-0.1, -0.05) is 42.6 Å². The van der Waals surface area contributed by atoms with Crippen molar-refractivity contribution in [2.45, 2.75) is 32.0 Å². The fourth-order valence-electron chi connectivity index (χ4n) is 1.67. The molecule has 1 aliphatic rings. The second-order valence-corrected chi connectivity index (χ2v) is 5.23. The summed E-state index contributed by atoms with van der Waals surface area (Å²) in [5, 5.41) is 0. The van der Waals surface area contributed by atoms with Crippen LogP contribution in [0.4, 0.5) is 0 Å². The van der Waals surface area contributed by atoms with Gasteiger partial charge < -0.3 is 0 Å². The minimum absolute atomic E-state index is 0.143. The monoisotopic (exact) mass is 206 g/mol. The van der Waals surface area contributed by atoms with Crippen LogP contribution in [0.25, 0.3) is 0 Å². The van der Waals surface area contributed by atoms with Crippen LogP contribution in [0.15, 0.2) is 11.1 Å². The Labute approximate surface area is 82.7 Å². The smallest absolute Gasteiger partial charge is 0.196 e. The standard InChI is InChI=1S/C9H12Cl2O/c1-5(2)6-7(12)9(10,11)8(6,3)4/h1-4H3. The molecule has 3 heteroatoms. The van der Waals surface area contributed by atoms with Crippen LogP contribution in [0.5, 0.6) is 0 Å². The van der Waals surface area contributed by atoms with Gasteiger partial charge in [-0.25, -0.2) is 0 Å². The summed E-state index contributed by atoms with van der Waals surface area (Å²) in [6.07, 6.45) is 0. The van der Waals surface area contributed by atoms with Gasteiger partial charge in [0.25, 0.3) is 0 Å². The minimum atomic E-state index is -1.22. The Morgan fingerprint density at radius 2 is 1.67 bits per heavy atom. The van der Waals surface area contributed by atoms with E-state index >= 15 is 0 Å². The van der Waals surface area contributed by atoms with Gasteiger partial charge in [-0.05, 0) is 13.8 Å². The van der Waals surface area contributed by atoms with Gasteiger partial charge >= 0.3 is 0 Å². The van der Waals surface area contributed by atoms with E-state index < -0.39 is 9.75 Å². The number of carbonyl (C=O) groups is 1. The van der Waals surface area contributed by atoms with E-state index in [1.54, 1.807) is 0 Å². The highest BCUT2D eigenvalue weighted by atomic mass is 35.5. The van der Waals surface area contributed by atoms with E-state index in [2.05, 4.69) is 0 Å². The second kappa shape index (κ2) is 2.49. The van der Waals surface area contributed by atoms with Crippen molar-refractivity contribution in [3.63, 3.8) is 0 Å². The Hall–Kier alpha value is -0.0100. The largest absolute Gasteiger partial charge is 0.291 e. The summed E-state index contributed by atoms with van der Waals surface area (Å²) in [6, 6.07) is 0. The quantitative estimate of drug-likeness (QED) is 0.440. The number of hydrogen-bond acceptors (Lipinski definition) is 1. The zero-order valence-electron chi connectivity index (χ0n) is 7.66. The SMILES string of the molecule is CC(C)=C1C(=O)C(Cl)(Cl)C1(C)C. The summed E-state index contributed by atoms with van der Waals surface area (Å²) < 4.78 is -1.22. The van der Waals surface area contributed by atoms with Gasteiger partial charge in [0.2, 0.25) is 0 Å². The molecule has 1 saturated carbocycles. The fraction of sp³-hybridized carbons (Fsp3) is 0.667. The van der Waals surface area contributed by atoms with Crippen molar-refractivity contribution in [1.29, 1.82) is 0 Å². The first-order chi connectivity index (χ1) is 5.23. The number of rotatable bonds is 0. The molecule has 0 saturated heterocycles. The van der Waals surface area contributed by atoms with E-state index in [1.165, 1.54) is 0 Å². The molecule has 12 heavy (non-hydrogen) atoms. The molecule has 0 aromatic carbocycles. The zero-order valence-corrected chi connectivity index (χ0v) is 9.18. The molecule has 0 aromatic heterocycles. The molecule has 0 unspecified atom stereocenters. The van der Waals surface area contributed by atoms with Crippen LogP contribution in [0, 0.1) is 5.41 Å². The van der Waals surface area contributed by atoms with Gasteiger partial charge in [0.05, 0.1) is 0 Å². The van der Waals surface area contributed by atoms with Gasteiger partial charge in [0, 0.05) is 11.0 Å². The second-order valence-electron chi connectivity index (χ2n) is 3.90. The molecule has 0 atom stereocenters. The molecule has 1 nitrogen and oxygen atoms in total. The van der Waals surface area contributed by atoms with Crippen LogP contribution >= 0.6 is 23.2 Å². The van der Waals surface area contributed by atoms with E-state index in [0.29, 0.717) is 0 Å². The van der Waals surface area contributed by atoms with Gasteiger partial charge in [-0.15, -0.1) is 0 Å². The molecule has 0 aliphatic heterocycles. The van der Waals surface area contributed by atoms with Crippen LogP contribution in [0.2, 0.25) is 0 Å². The Bertz CT molecular complexity index is 270. The first-order valence-electron chi connectivity index (χ1n) is 3.83. The number of alkyl halides is 2. The number of ketones is 1. The van der Waals surface area contributed by atoms with Crippen molar-refractivity contribution in [2.24, 2.45) is 5.41 Å². The first kappa shape index (κ1) is 10.1. The lowest BCUT2D eigenvalue weighted by molar-refractivity contribution is -0.124. The summed E-state index contributed by atoms with van der Waals surface area (Å²) in [4.78, 5) is 11.4. The highest BCUT2D eigenvalue weighted by molar-refractivity contribution is 6.63. The highest BCUT2D eigenvalue weighted by Crippen LogP contribution is 2.58. The first-order valence-corrected chi connectivity index (χ1v) is 4.59. The highest BCUT2D eigenvalue weighted by Gasteiger charge is 2.63. The van der Waals surface area contributed by atoms with Crippen LogP contribution in [-0.4, -0.2) is 10.1 Å². The minimum Gasteiger partial charge on any atom is -0.291 e. The zero-order chi connectivity index (χ0) is 9.73. The third-order valence-electron chi connectivity index (χ3n) is 2.42. The Morgan fingerprint density at radius 1 is 1.25 bits per heavy atom. The molecular weight excluding hydrogens is 195 g/mol. The molecule has 0 amide bonds. The number of hydrogen-bond donors (Lipinski definition) is 0. The summed E-state index contributed by atoms with van der Waals surface area (Å²) in [6.45, 7) is 7.57. The maximum absolute atomic E-state index is 11.4. The van der Waals surface area contributed by atoms with Crippen molar-refractivity contribution in [2.75, 3.05) is 0 Å². The molecule has 0 aromatic rings. The van der Waals surface area contributed by atoms with Gasteiger partial charge in [-0.3, -0.25) is 4.79 Å². The predicted molar refractivity (Wildman–Crippen MR) is 51.6 cm³/mol. The van der Waals surface area contributed by atoms with E-state index in [9.17, 15) is 4.79 Å². The van der Waals surface area contributed by atoms with Crippen molar-refractivity contribution in [1.82, 2.24) is 0 Å². The predicted octanol–water partition coefficient (Wildman–Crippen LogP) is 3.11. The van der Waals surface area contributed by atoms with Crippen molar-refractivity contribution < 1.29 is 4.79 Å². The molecule has 0 bridgehead atoms.